The van der Waals surface area contributed by atoms with E-state index in [1.165, 1.54) is 17.4 Å². The largest absolute Gasteiger partial charge is 0.357 e. The number of carbonyl (C=O) groups excluding carboxylic acids is 3. The van der Waals surface area contributed by atoms with Crippen LogP contribution in [0.15, 0.2) is 48.8 Å². The van der Waals surface area contributed by atoms with Crippen LogP contribution < -0.4 is 20.7 Å². The molecule has 4 fully saturated rings. The fourth-order valence-electron chi connectivity index (χ4n) is 9.56. The summed E-state index contributed by atoms with van der Waals surface area (Å²) in [5.74, 6) is 0.744. The summed E-state index contributed by atoms with van der Waals surface area (Å²) in [7, 11) is -2.33. The molecule has 0 spiro atoms. The van der Waals surface area contributed by atoms with Crippen LogP contribution in [0.5, 0.6) is 0 Å². The minimum atomic E-state index is -4.06. The topological polar surface area (TPSA) is 197 Å². The molecule has 0 radical (unpaired) electrons. The quantitative estimate of drug-likeness (QED) is 0.153. The molecule has 0 bridgehead atoms. The number of likely N-dealkylation sites (tertiary alicyclic amines) is 2. The lowest BCUT2D eigenvalue weighted by Crippen LogP contribution is -2.46. The first-order chi connectivity index (χ1) is 29.9. The Kier molecular flexibility index (Phi) is 13.3. The number of anilines is 2. The number of rotatable bonds is 12. The molecule has 2 unspecified atom stereocenters. The van der Waals surface area contributed by atoms with Crippen molar-refractivity contribution in [3.63, 3.8) is 0 Å². The van der Waals surface area contributed by atoms with Gasteiger partial charge in [-0.05, 0) is 94.1 Å². The summed E-state index contributed by atoms with van der Waals surface area (Å²) < 4.78 is 41.2. The molecule has 62 heavy (non-hydrogen) atoms. The van der Waals surface area contributed by atoms with Crippen molar-refractivity contribution >= 4 is 50.8 Å². The van der Waals surface area contributed by atoms with Gasteiger partial charge < -0.3 is 20.0 Å². The summed E-state index contributed by atoms with van der Waals surface area (Å²) >= 11 is 1.45. The zero-order valence-electron chi connectivity index (χ0n) is 35.3. The lowest BCUT2D eigenvalue weighted by molar-refractivity contribution is -0.138. The number of benzene rings is 1. The SMILES string of the molecule is CCC(c1cccc(-c2nc(C3CCN(C(=O)C4CCN(CC5CCN(c6ccc(C7CCC(=O)NC7=O)cn6)CC5)CC4)CC3)sc2-c2ccnc(NC)n2)c1F)S(N)(=O)=O. The Bertz CT molecular complexity index is 2370. The van der Waals surface area contributed by atoms with Crippen LogP contribution in [0.25, 0.3) is 21.8 Å². The normalized spacial score (nSPS) is 20.6. The smallest absolute Gasteiger partial charge is 0.234 e. The Balaban J connectivity index is 0.846. The van der Waals surface area contributed by atoms with Crippen molar-refractivity contribution in [3.05, 3.63) is 70.7 Å². The Morgan fingerprint density at radius 3 is 2.39 bits per heavy atom. The molecule has 4 saturated heterocycles. The third-order valence-corrected chi connectivity index (χ3v) is 15.7. The Morgan fingerprint density at radius 1 is 0.968 bits per heavy atom. The highest BCUT2D eigenvalue weighted by Gasteiger charge is 2.35. The van der Waals surface area contributed by atoms with Gasteiger partial charge in [0.2, 0.25) is 33.7 Å². The minimum absolute atomic E-state index is 0.00982. The lowest BCUT2D eigenvalue weighted by Gasteiger charge is -2.39. The number of aromatic nitrogens is 4. The molecule has 4 aliphatic heterocycles. The van der Waals surface area contributed by atoms with Gasteiger partial charge in [-0.1, -0.05) is 25.1 Å². The van der Waals surface area contributed by atoms with Crippen LogP contribution in [0.2, 0.25) is 0 Å². The highest BCUT2D eigenvalue weighted by molar-refractivity contribution is 7.89. The number of amides is 3. The van der Waals surface area contributed by atoms with Gasteiger partial charge in [-0.3, -0.25) is 19.7 Å². The van der Waals surface area contributed by atoms with Crippen molar-refractivity contribution in [2.45, 2.75) is 81.8 Å². The van der Waals surface area contributed by atoms with E-state index in [-0.39, 0.29) is 53.0 Å². The molecule has 3 aromatic heterocycles. The number of halogens is 1. The summed E-state index contributed by atoms with van der Waals surface area (Å²) in [5.41, 5.74) is 2.00. The van der Waals surface area contributed by atoms with Crippen molar-refractivity contribution in [3.8, 4) is 21.8 Å². The van der Waals surface area contributed by atoms with E-state index in [0.29, 0.717) is 54.1 Å². The number of imide groups is 1. The number of piperidine rings is 4. The molecular formula is C44H55FN10O5S2. The van der Waals surface area contributed by atoms with Crippen molar-refractivity contribution < 1.29 is 27.2 Å². The van der Waals surface area contributed by atoms with E-state index in [0.717, 1.165) is 87.6 Å². The summed E-state index contributed by atoms with van der Waals surface area (Å²) in [4.78, 5) is 63.8. The van der Waals surface area contributed by atoms with Crippen LogP contribution in [0.4, 0.5) is 16.2 Å². The predicted molar refractivity (Wildman–Crippen MR) is 236 cm³/mol. The van der Waals surface area contributed by atoms with Crippen LogP contribution in [0.3, 0.4) is 0 Å². The number of nitrogens with one attached hydrogen (secondary N) is 2. The number of carbonyl (C=O) groups is 3. The molecule has 18 heteroatoms. The molecule has 330 valence electrons. The first kappa shape index (κ1) is 43.7. The van der Waals surface area contributed by atoms with Crippen molar-refractivity contribution in [2.75, 3.05) is 63.1 Å². The summed E-state index contributed by atoms with van der Waals surface area (Å²) in [6, 6.07) is 10.4. The van der Waals surface area contributed by atoms with Crippen LogP contribution in [0.1, 0.15) is 97.9 Å². The average Bonchev–Trinajstić information content (AvgIpc) is 3.73. The van der Waals surface area contributed by atoms with Crippen LogP contribution >= 0.6 is 11.3 Å². The zero-order chi connectivity index (χ0) is 43.5. The van der Waals surface area contributed by atoms with E-state index in [1.54, 1.807) is 44.6 Å². The Hall–Kier alpha value is -4.91. The van der Waals surface area contributed by atoms with Crippen molar-refractivity contribution in [1.82, 2.24) is 35.1 Å². The number of sulfonamides is 1. The fraction of sp³-hybridized carbons (Fsp3) is 0.523. The monoisotopic (exact) mass is 886 g/mol. The van der Waals surface area contributed by atoms with Gasteiger partial charge in [-0.25, -0.2) is 37.9 Å². The molecular weight excluding hydrogens is 832 g/mol. The van der Waals surface area contributed by atoms with Gasteiger partial charge in [-0.2, -0.15) is 0 Å². The molecule has 15 nitrogen and oxygen atoms in total. The van der Waals surface area contributed by atoms with E-state index >= 15 is 4.39 Å². The predicted octanol–water partition coefficient (Wildman–Crippen LogP) is 5.44. The van der Waals surface area contributed by atoms with Gasteiger partial charge in [0, 0.05) is 81.5 Å². The van der Waals surface area contributed by atoms with Crippen molar-refractivity contribution in [1.29, 1.82) is 0 Å². The van der Waals surface area contributed by atoms with E-state index < -0.39 is 21.1 Å². The summed E-state index contributed by atoms with van der Waals surface area (Å²) in [6.07, 6.45) is 9.69. The third-order valence-electron chi connectivity index (χ3n) is 13.1. The Labute approximate surface area is 366 Å². The molecule has 7 heterocycles. The standard InChI is InChI=1S/C44H55FN10O5S2/c1-3-35(62(46,59)60)32-5-4-6-33(38(32)45)39-40(34-11-18-48-44(47-2)50-34)61-42(52-39)28-16-23-55(24-17-28)43(58)29-14-19-53(20-15-29)26-27-12-21-54(22-13-27)36-9-7-30(25-49-36)31-8-10-37(56)51-41(31)57/h4-7,9,11,18,25,27-29,31,35H,3,8,10,12-17,19-24,26H2,1-2H3,(H2,46,59,60)(H,47,48,50)(H,51,56,57). The highest BCUT2D eigenvalue weighted by Crippen LogP contribution is 2.43. The van der Waals surface area contributed by atoms with Crippen molar-refractivity contribution in [2.24, 2.45) is 17.0 Å². The molecule has 4 aliphatic rings. The van der Waals surface area contributed by atoms with Gasteiger partial charge in [0.25, 0.3) is 0 Å². The van der Waals surface area contributed by atoms with E-state index in [2.05, 4.69) is 35.4 Å². The second-order valence-electron chi connectivity index (χ2n) is 17.0. The second kappa shape index (κ2) is 18.8. The van der Waals surface area contributed by atoms with Crippen LogP contribution in [-0.4, -0.2) is 109 Å². The first-order valence-electron chi connectivity index (χ1n) is 21.8. The van der Waals surface area contributed by atoms with E-state index in [1.807, 2.05) is 17.0 Å². The molecule has 0 saturated carbocycles. The van der Waals surface area contributed by atoms with E-state index in [9.17, 15) is 22.8 Å². The number of hydrogen-bond donors (Lipinski definition) is 3. The number of thiazole rings is 1. The van der Waals surface area contributed by atoms with Gasteiger partial charge in [0.05, 0.1) is 27.2 Å². The summed E-state index contributed by atoms with van der Waals surface area (Å²) in [5, 5.41) is 10.5. The molecule has 2 atom stereocenters. The number of primary sulfonamides is 1. The van der Waals surface area contributed by atoms with Crippen LogP contribution in [-0.2, 0) is 24.4 Å². The zero-order valence-corrected chi connectivity index (χ0v) is 36.9. The fourth-order valence-corrected chi connectivity index (χ4v) is 11.8. The maximum atomic E-state index is 16.4. The van der Waals surface area contributed by atoms with Crippen LogP contribution in [0, 0.1) is 17.7 Å². The number of pyridine rings is 1. The van der Waals surface area contributed by atoms with Gasteiger partial charge >= 0.3 is 0 Å². The third kappa shape index (κ3) is 9.52. The molecule has 8 rings (SSSR count). The van der Waals surface area contributed by atoms with Gasteiger partial charge in [0.15, 0.2) is 0 Å². The lowest BCUT2D eigenvalue weighted by atomic mass is 9.90. The number of hydrogen-bond acceptors (Lipinski definition) is 13. The second-order valence-corrected chi connectivity index (χ2v) is 19.8. The Morgan fingerprint density at radius 2 is 1.73 bits per heavy atom. The highest BCUT2D eigenvalue weighted by atomic mass is 32.2. The molecule has 3 amide bonds. The molecule has 4 N–H and O–H groups in total. The average molecular weight is 887 g/mol. The summed E-state index contributed by atoms with van der Waals surface area (Å²) in [6.45, 7) is 7.60. The maximum absolute atomic E-state index is 16.4. The first-order valence-corrected chi connectivity index (χ1v) is 24.2. The molecule has 1 aromatic carbocycles. The molecule has 4 aromatic rings. The van der Waals surface area contributed by atoms with E-state index in [4.69, 9.17) is 10.1 Å². The number of nitrogens with two attached hydrogens (primary N) is 1. The molecule has 0 aliphatic carbocycles. The minimum Gasteiger partial charge on any atom is -0.357 e. The van der Waals surface area contributed by atoms with Gasteiger partial charge in [-0.15, -0.1) is 11.3 Å². The number of nitrogens with zero attached hydrogens (tertiary/aromatic N) is 7. The van der Waals surface area contributed by atoms with Gasteiger partial charge in [0.1, 0.15) is 16.9 Å². The maximum Gasteiger partial charge on any atom is 0.234 e.